The molecule has 0 atom stereocenters. The van der Waals surface area contributed by atoms with Gasteiger partial charge in [0.05, 0.1) is 12.3 Å². The van der Waals surface area contributed by atoms with Gasteiger partial charge in [0.2, 0.25) is 0 Å². The number of carbonyl (C=O) groups excluding carboxylic acids is 1. The first-order chi connectivity index (χ1) is 15.1. The molecule has 0 saturated carbocycles. The summed E-state index contributed by atoms with van der Waals surface area (Å²) in [4.78, 5) is 17.1. The molecule has 0 spiro atoms. The molecule has 0 aliphatic carbocycles. The molecule has 6 heteroatoms. The summed E-state index contributed by atoms with van der Waals surface area (Å²) in [6.45, 7) is 3.41. The van der Waals surface area contributed by atoms with E-state index in [-0.39, 0.29) is 5.91 Å². The fourth-order valence-electron chi connectivity index (χ4n) is 3.41. The molecule has 2 aromatic heterocycles. The van der Waals surface area contributed by atoms with Crippen molar-refractivity contribution in [3.8, 4) is 5.75 Å². The molecule has 0 fully saturated rings. The minimum Gasteiger partial charge on any atom is -0.487 e. The van der Waals surface area contributed by atoms with Crippen LogP contribution in [0.4, 0.5) is 0 Å². The van der Waals surface area contributed by atoms with Gasteiger partial charge in [-0.1, -0.05) is 30.3 Å². The van der Waals surface area contributed by atoms with Crippen molar-refractivity contribution in [1.29, 1.82) is 0 Å². The van der Waals surface area contributed by atoms with Crippen LogP contribution in [0.1, 0.15) is 32.7 Å². The number of ether oxygens (including phenoxy) is 2. The smallest absolute Gasteiger partial charge is 0.251 e. The van der Waals surface area contributed by atoms with Crippen LogP contribution in [0.2, 0.25) is 0 Å². The third-order valence-corrected chi connectivity index (χ3v) is 4.99. The Bertz CT molecular complexity index is 1180. The standard InChI is InChI=1S/C25H25N3O3/c1-18-5-4-12-28-15-22(27-24(18)28)17-31-23-10-8-21(9-11-23)25(29)26-14-19-6-3-7-20(13-19)16-30-2/h3-13,15H,14,16-17H2,1-2H3,(H,26,29). The lowest BCUT2D eigenvalue weighted by Gasteiger charge is -2.08. The SMILES string of the molecule is COCc1cccc(CNC(=O)c2ccc(OCc3cn4cccc(C)c4n3)cc2)c1. The van der Waals surface area contributed by atoms with Gasteiger partial charge < -0.3 is 19.2 Å². The second kappa shape index (κ2) is 9.45. The van der Waals surface area contributed by atoms with E-state index in [9.17, 15) is 4.79 Å². The maximum Gasteiger partial charge on any atom is 0.251 e. The quantitative estimate of drug-likeness (QED) is 0.466. The average molecular weight is 415 g/mol. The number of imidazole rings is 1. The number of methoxy groups -OCH3 is 1. The van der Waals surface area contributed by atoms with E-state index in [2.05, 4.69) is 10.3 Å². The van der Waals surface area contributed by atoms with Crippen LogP contribution in [0.3, 0.4) is 0 Å². The second-order valence-corrected chi connectivity index (χ2v) is 7.40. The van der Waals surface area contributed by atoms with Crippen molar-refractivity contribution in [1.82, 2.24) is 14.7 Å². The van der Waals surface area contributed by atoms with Crippen LogP contribution in [0.5, 0.6) is 5.75 Å². The number of carbonyl (C=O) groups is 1. The highest BCUT2D eigenvalue weighted by Crippen LogP contribution is 2.16. The van der Waals surface area contributed by atoms with Crippen molar-refractivity contribution >= 4 is 11.6 Å². The summed E-state index contributed by atoms with van der Waals surface area (Å²) in [7, 11) is 1.67. The molecule has 2 heterocycles. The molecule has 0 aliphatic rings. The predicted molar refractivity (Wildman–Crippen MR) is 119 cm³/mol. The molecule has 6 nitrogen and oxygen atoms in total. The van der Waals surface area contributed by atoms with Gasteiger partial charge in [-0.3, -0.25) is 4.79 Å². The fraction of sp³-hybridized carbons (Fsp3) is 0.200. The van der Waals surface area contributed by atoms with Gasteiger partial charge in [0, 0.05) is 31.6 Å². The van der Waals surface area contributed by atoms with Crippen molar-refractivity contribution in [2.75, 3.05) is 7.11 Å². The van der Waals surface area contributed by atoms with E-state index in [0.29, 0.717) is 31.1 Å². The highest BCUT2D eigenvalue weighted by atomic mass is 16.5. The zero-order chi connectivity index (χ0) is 21.6. The number of rotatable bonds is 8. The highest BCUT2D eigenvalue weighted by Gasteiger charge is 2.08. The predicted octanol–water partition coefficient (Wildman–Crippen LogP) is 4.30. The van der Waals surface area contributed by atoms with Gasteiger partial charge in [-0.05, 0) is 53.9 Å². The Morgan fingerprint density at radius 2 is 1.84 bits per heavy atom. The number of benzene rings is 2. The van der Waals surface area contributed by atoms with Crippen molar-refractivity contribution in [2.45, 2.75) is 26.7 Å². The molecule has 1 N–H and O–H groups in total. The lowest BCUT2D eigenvalue weighted by atomic mass is 10.1. The molecule has 158 valence electrons. The highest BCUT2D eigenvalue weighted by molar-refractivity contribution is 5.94. The van der Waals surface area contributed by atoms with Gasteiger partial charge in [-0.25, -0.2) is 4.98 Å². The molecular formula is C25H25N3O3. The number of nitrogens with one attached hydrogen (secondary N) is 1. The van der Waals surface area contributed by atoms with Crippen molar-refractivity contribution in [3.05, 3.63) is 101 Å². The van der Waals surface area contributed by atoms with E-state index < -0.39 is 0 Å². The second-order valence-electron chi connectivity index (χ2n) is 7.40. The van der Waals surface area contributed by atoms with E-state index in [1.54, 1.807) is 31.4 Å². The van der Waals surface area contributed by atoms with Gasteiger partial charge in [0.25, 0.3) is 5.91 Å². The zero-order valence-electron chi connectivity index (χ0n) is 17.7. The molecular weight excluding hydrogens is 390 g/mol. The molecule has 4 rings (SSSR count). The van der Waals surface area contributed by atoms with Crippen molar-refractivity contribution in [2.24, 2.45) is 0 Å². The summed E-state index contributed by atoms with van der Waals surface area (Å²) in [6, 6.07) is 19.1. The fourth-order valence-corrected chi connectivity index (χ4v) is 3.41. The normalized spacial score (nSPS) is 10.9. The lowest BCUT2D eigenvalue weighted by molar-refractivity contribution is 0.0951. The van der Waals surface area contributed by atoms with Crippen LogP contribution in [-0.4, -0.2) is 22.4 Å². The topological polar surface area (TPSA) is 64.9 Å². The van der Waals surface area contributed by atoms with E-state index in [1.807, 2.05) is 60.1 Å². The molecule has 2 aromatic carbocycles. The van der Waals surface area contributed by atoms with Crippen LogP contribution in [0.25, 0.3) is 5.65 Å². The Balaban J connectivity index is 1.32. The van der Waals surface area contributed by atoms with E-state index in [0.717, 1.165) is 28.0 Å². The summed E-state index contributed by atoms with van der Waals surface area (Å²) in [5.41, 5.74) is 5.60. The first-order valence-electron chi connectivity index (χ1n) is 10.1. The van der Waals surface area contributed by atoms with Gasteiger partial charge in [0.1, 0.15) is 18.0 Å². The van der Waals surface area contributed by atoms with Gasteiger partial charge in [0.15, 0.2) is 0 Å². The first-order valence-corrected chi connectivity index (χ1v) is 10.1. The summed E-state index contributed by atoms with van der Waals surface area (Å²) in [5, 5.41) is 2.95. The monoisotopic (exact) mass is 415 g/mol. The van der Waals surface area contributed by atoms with Crippen molar-refractivity contribution < 1.29 is 14.3 Å². The number of hydrogen-bond acceptors (Lipinski definition) is 4. The largest absolute Gasteiger partial charge is 0.487 e. The Labute approximate surface area is 181 Å². The van der Waals surface area contributed by atoms with E-state index >= 15 is 0 Å². The van der Waals surface area contributed by atoms with Gasteiger partial charge >= 0.3 is 0 Å². The van der Waals surface area contributed by atoms with Crippen LogP contribution in [0, 0.1) is 6.92 Å². The minimum atomic E-state index is -0.125. The maximum atomic E-state index is 12.5. The number of aryl methyl sites for hydroxylation is 1. The molecule has 0 saturated heterocycles. The summed E-state index contributed by atoms with van der Waals surface area (Å²) in [5.74, 6) is 0.567. The molecule has 0 aliphatic heterocycles. The average Bonchev–Trinajstić information content (AvgIpc) is 3.22. The molecule has 0 unspecified atom stereocenters. The summed E-state index contributed by atoms with van der Waals surface area (Å²) >= 11 is 0. The third kappa shape index (κ3) is 5.10. The summed E-state index contributed by atoms with van der Waals surface area (Å²) in [6.07, 6.45) is 3.94. The molecule has 0 radical (unpaired) electrons. The van der Waals surface area contributed by atoms with E-state index in [4.69, 9.17) is 9.47 Å². The minimum absolute atomic E-state index is 0.125. The zero-order valence-corrected chi connectivity index (χ0v) is 17.7. The Morgan fingerprint density at radius 1 is 1.03 bits per heavy atom. The van der Waals surface area contributed by atoms with Crippen molar-refractivity contribution in [3.63, 3.8) is 0 Å². The third-order valence-electron chi connectivity index (χ3n) is 4.99. The Morgan fingerprint density at radius 3 is 2.61 bits per heavy atom. The number of pyridine rings is 1. The van der Waals surface area contributed by atoms with Crippen LogP contribution >= 0.6 is 0 Å². The Kier molecular flexibility index (Phi) is 6.29. The number of hydrogen-bond donors (Lipinski definition) is 1. The van der Waals surface area contributed by atoms with Gasteiger partial charge in [-0.2, -0.15) is 0 Å². The summed E-state index contributed by atoms with van der Waals surface area (Å²) < 4.78 is 13.0. The number of aromatic nitrogens is 2. The Hall–Kier alpha value is -3.64. The number of amides is 1. The number of nitrogens with zero attached hydrogens (tertiary/aromatic N) is 2. The maximum absolute atomic E-state index is 12.5. The molecule has 4 aromatic rings. The van der Waals surface area contributed by atoms with Crippen LogP contribution in [-0.2, 0) is 24.5 Å². The lowest BCUT2D eigenvalue weighted by Crippen LogP contribution is -2.22. The molecule has 0 bridgehead atoms. The van der Waals surface area contributed by atoms with E-state index in [1.165, 1.54) is 0 Å². The van der Waals surface area contributed by atoms with Crippen LogP contribution in [0.15, 0.2) is 73.1 Å². The first kappa shape index (κ1) is 20.6. The van der Waals surface area contributed by atoms with Gasteiger partial charge in [-0.15, -0.1) is 0 Å². The number of fused-ring (bicyclic) bond motifs is 1. The molecule has 1 amide bonds. The molecule has 31 heavy (non-hydrogen) atoms. The van der Waals surface area contributed by atoms with Crippen LogP contribution < -0.4 is 10.1 Å².